The number of rotatable bonds is 11. The predicted octanol–water partition coefficient (Wildman–Crippen LogP) is 3.59. The maximum atomic E-state index is 13.4. The van der Waals surface area contributed by atoms with E-state index >= 15 is 0 Å². The van der Waals surface area contributed by atoms with Crippen LogP contribution in [0.4, 0.5) is 5.69 Å². The number of nitrogens with one attached hydrogen (secondary N) is 1. The molecule has 3 aromatic rings. The standard InChI is InChI=1S/C27H28N4O4/c1-2-21(16-27(34)35)30-25(32)14-15-26(33)31(18-19-8-4-3-5-9-19)24-13-12-20(17-29-28)22-10-6-7-11-23(22)24/h2-13,17,21H,1,14-16,18,28H2,(H,30,32)(H,34,35). The van der Waals surface area contributed by atoms with E-state index in [1.54, 1.807) is 11.1 Å². The van der Waals surface area contributed by atoms with Gasteiger partial charge < -0.3 is 21.2 Å². The molecule has 0 bridgehead atoms. The van der Waals surface area contributed by atoms with Crippen LogP contribution in [0.5, 0.6) is 0 Å². The van der Waals surface area contributed by atoms with Gasteiger partial charge >= 0.3 is 5.97 Å². The van der Waals surface area contributed by atoms with Crippen molar-refractivity contribution in [2.75, 3.05) is 4.90 Å². The number of benzene rings is 3. The number of carbonyl (C=O) groups excluding carboxylic acids is 2. The summed E-state index contributed by atoms with van der Waals surface area (Å²) in [6.45, 7) is 3.88. The summed E-state index contributed by atoms with van der Waals surface area (Å²) in [6.07, 6.45) is 2.54. The Kier molecular flexibility index (Phi) is 8.72. The molecule has 3 aromatic carbocycles. The third-order valence-corrected chi connectivity index (χ3v) is 5.52. The number of nitrogens with zero attached hydrogens (tertiary/aromatic N) is 2. The SMILES string of the molecule is C=CC(CC(=O)O)NC(=O)CCC(=O)N(Cc1ccccc1)c1ccc(C=NN)c2ccccc12. The van der Waals surface area contributed by atoms with Gasteiger partial charge in [0, 0.05) is 23.8 Å². The first-order chi connectivity index (χ1) is 16.9. The molecule has 180 valence electrons. The average Bonchev–Trinajstić information content (AvgIpc) is 2.86. The predicted molar refractivity (Wildman–Crippen MR) is 137 cm³/mol. The molecule has 35 heavy (non-hydrogen) atoms. The summed E-state index contributed by atoms with van der Waals surface area (Å²) in [4.78, 5) is 38.4. The average molecular weight is 473 g/mol. The van der Waals surface area contributed by atoms with Gasteiger partial charge in [0.2, 0.25) is 11.8 Å². The number of anilines is 1. The zero-order valence-corrected chi connectivity index (χ0v) is 19.3. The monoisotopic (exact) mass is 472 g/mol. The van der Waals surface area contributed by atoms with Crippen LogP contribution in [-0.2, 0) is 20.9 Å². The lowest BCUT2D eigenvalue weighted by atomic mass is 10.0. The van der Waals surface area contributed by atoms with Gasteiger partial charge in [0.15, 0.2) is 0 Å². The molecule has 0 aromatic heterocycles. The van der Waals surface area contributed by atoms with Crippen LogP contribution in [0.15, 0.2) is 84.5 Å². The third-order valence-electron chi connectivity index (χ3n) is 5.52. The van der Waals surface area contributed by atoms with Crippen molar-refractivity contribution < 1.29 is 19.5 Å². The normalized spacial score (nSPS) is 11.8. The van der Waals surface area contributed by atoms with Gasteiger partial charge in [0.25, 0.3) is 0 Å². The summed E-state index contributed by atoms with van der Waals surface area (Å²) >= 11 is 0. The van der Waals surface area contributed by atoms with Crippen molar-refractivity contribution in [3.05, 3.63) is 90.5 Å². The molecule has 0 saturated heterocycles. The molecule has 3 rings (SSSR count). The molecule has 4 N–H and O–H groups in total. The van der Waals surface area contributed by atoms with E-state index < -0.39 is 17.9 Å². The Labute approximate surface area is 203 Å². The topological polar surface area (TPSA) is 125 Å². The number of hydrogen-bond acceptors (Lipinski definition) is 5. The molecule has 0 fully saturated rings. The van der Waals surface area contributed by atoms with Crippen LogP contribution in [0.25, 0.3) is 10.8 Å². The molecule has 0 aliphatic heterocycles. The van der Waals surface area contributed by atoms with Crippen molar-refractivity contribution in [3.8, 4) is 0 Å². The van der Waals surface area contributed by atoms with Crippen molar-refractivity contribution in [2.45, 2.75) is 31.8 Å². The van der Waals surface area contributed by atoms with Gasteiger partial charge in [-0.05, 0) is 17.0 Å². The first-order valence-corrected chi connectivity index (χ1v) is 11.2. The number of carboxylic acids is 1. The number of aliphatic carboxylic acids is 1. The van der Waals surface area contributed by atoms with Gasteiger partial charge in [0.05, 0.1) is 30.9 Å². The Morgan fingerprint density at radius 1 is 1.00 bits per heavy atom. The number of fused-ring (bicyclic) bond motifs is 1. The van der Waals surface area contributed by atoms with Crippen molar-refractivity contribution >= 4 is 40.5 Å². The summed E-state index contributed by atoms with van der Waals surface area (Å²) in [7, 11) is 0. The lowest BCUT2D eigenvalue weighted by Gasteiger charge is -2.25. The van der Waals surface area contributed by atoms with Crippen LogP contribution >= 0.6 is 0 Å². The van der Waals surface area contributed by atoms with E-state index in [-0.39, 0.29) is 25.2 Å². The number of hydrazone groups is 1. The molecular formula is C27H28N4O4. The first kappa shape index (κ1) is 25.2. The summed E-state index contributed by atoms with van der Waals surface area (Å²) in [5.74, 6) is 3.67. The molecule has 0 aliphatic rings. The second kappa shape index (κ2) is 12.1. The summed E-state index contributed by atoms with van der Waals surface area (Å²) in [5.41, 5.74) is 2.47. The second-order valence-corrected chi connectivity index (χ2v) is 7.97. The van der Waals surface area contributed by atoms with E-state index in [9.17, 15) is 14.4 Å². The minimum atomic E-state index is -1.05. The van der Waals surface area contributed by atoms with Crippen LogP contribution < -0.4 is 16.1 Å². The Balaban J connectivity index is 1.88. The molecule has 0 spiro atoms. The highest BCUT2D eigenvalue weighted by Gasteiger charge is 2.21. The molecular weight excluding hydrogens is 444 g/mol. The number of nitrogens with two attached hydrogens (primary N) is 1. The zero-order chi connectivity index (χ0) is 25.2. The largest absolute Gasteiger partial charge is 0.481 e. The summed E-state index contributed by atoms with van der Waals surface area (Å²) in [5, 5.41) is 16.9. The van der Waals surface area contributed by atoms with Gasteiger partial charge in [0.1, 0.15) is 0 Å². The second-order valence-electron chi connectivity index (χ2n) is 7.97. The van der Waals surface area contributed by atoms with E-state index in [1.165, 1.54) is 6.08 Å². The summed E-state index contributed by atoms with van der Waals surface area (Å²) < 4.78 is 0. The van der Waals surface area contributed by atoms with Crippen molar-refractivity contribution in [2.24, 2.45) is 10.9 Å². The zero-order valence-electron chi connectivity index (χ0n) is 19.3. The van der Waals surface area contributed by atoms with Gasteiger partial charge in [-0.1, -0.05) is 66.7 Å². The fourth-order valence-corrected chi connectivity index (χ4v) is 3.82. The van der Waals surface area contributed by atoms with Gasteiger partial charge in [-0.15, -0.1) is 6.58 Å². The van der Waals surface area contributed by atoms with Crippen LogP contribution in [0.1, 0.15) is 30.4 Å². The van der Waals surface area contributed by atoms with Crippen molar-refractivity contribution in [3.63, 3.8) is 0 Å². The van der Waals surface area contributed by atoms with E-state index in [4.69, 9.17) is 10.9 Å². The lowest BCUT2D eigenvalue weighted by molar-refractivity contribution is -0.137. The number of carbonyl (C=O) groups is 3. The first-order valence-electron chi connectivity index (χ1n) is 11.2. The van der Waals surface area contributed by atoms with Crippen LogP contribution in [0.2, 0.25) is 0 Å². The number of carboxylic acid groups (broad SMARTS) is 1. The Morgan fingerprint density at radius 3 is 2.34 bits per heavy atom. The third kappa shape index (κ3) is 6.77. The maximum absolute atomic E-state index is 13.4. The molecule has 8 nitrogen and oxygen atoms in total. The van der Waals surface area contributed by atoms with Crippen molar-refractivity contribution in [1.82, 2.24) is 5.32 Å². The molecule has 1 unspecified atom stereocenters. The highest BCUT2D eigenvalue weighted by atomic mass is 16.4. The smallest absolute Gasteiger partial charge is 0.305 e. The van der Waals surface area contributed by atoms with Gasteiger partial charge in [-0.25, -0.2) is 0 Å². The molecule has 0 heterocycles. The Hall–Kier alpha value is -4.46. The fourth-order valence-electron chi connectivity index (χ4n) is 3.82. The summed E-state index contributed by atoms with van der Waals surface area (Å²) in [6, 6.07) is 20.3. The maximum Gasteiger partial charge on any atom is 0.305 e. The Morgan fingerprint density at radius 2 is 1.69 bits per heavy atom. The quantitative estimate of drug-likeness (QED) is 0.170. The van der Waals surface area contributed by atoms with Crippen LogP contribution in [0, 0.1) is 0 Å². The van der Waals surface area contributed by atoms with Crippen LogP contribution in [0.3, 0.4) is 0 Å². The van der Waals surface area contributed by atoms with Crippen LogP contribution in [-0.4, -0.2) is 35.1 Å². The molecule has 2 amide bonds. The Bertz CT molecular complexity index is 1240. The molecule has 0 radical (unpaired) electrons. The van der Waals surface area contributed by atoms with Gasteiger partial charge in [-0.2, -0.15) is 5.10 Å². The fraction of sp³-hybridized carbons (Fsp3) is 0.185. The van der Waals surface area contributed by atoms with Gasteiger partial charge in [-0.3, -0.25) is 14.4 Å². The highest BCUT2D eigenvalue weighted by Crippen LogP contribution is 2.31. The van der Waals surface area contributed by atoms with E-state index in [1.807, 2.05) is 66.7 Å². The lowest BCUT2D eigenvalue weighted by Crippen LogP contribution is -2.36. The van der Waals surface area contributed by atoms with E-state index in [0.717, 1.165) is 21.9 Å². The van der Waals surface area contributed by atoms with Crippen molar-refractivity contribution in [1.29, 1.82) is 0 Å². The molecule has 8 heteroatoms. The van der Waals surface area contributed by atoms with E-state index in [0.29, 0.717) is 12.2 Å². The van der Waals surface area contributed by atoms with E-state index in [2.05, 4.69) is 17.0 Å². The molecule has 0 aliphatic carbocycles. The number of amides is 2. The molecule has 0 saturated carbocycles. The minimum absolute atomic E-state index is 0.0457. The minimum Gasteiger partial charge on any atom is -0.481 e. The highest BCUT2D eigenvalue weighted by molar-refractivity contribution is 6.09. The number of hydrogen-bond donors (Lipinski definition) is 3. The molecule has 1 atom stereocenters.